The highest BCUT2D eigenvalue weighted by Crippen LogP contribution is 2.26. The van der Waals surface area contributed by atoms with Gasteiger partial charge in [-0.2, -0.15) is 0 Å². The van der Waals surface area contributed by atoms with E-state index in [9.17, 15) is 9.59 Å². The maximum absolute atomic E-state index is 12.6. The molecule has 22 heavy (non-hydrogen) atoms. The fraction of sp³-hybridized carbons (Fsp3) is 0.462. The molecule has 0 aliphatic rings. The van der Waals surface area contributed by atoms with Crippen LogP contribution in [0.25, 0.3) is 0 Å². The van der Waals surface area contributed by atoms with Crippen molar-refractivity contribution < 1.29 is 14.3 Å². The van der Waals surface area contributed by atoms with Crippen molar-refractivity contribution in [2.45, 2.75) is 31.2 Å². The molecule has 0 spiro atoms. The number of hydrogen-bond donors (Lipinski definition) is 1. The monoisotopic (exact) mass is 323 g/mol. The summed E-state index contributed by atoms with van der Waals surface area (Å²) in [4.78, 5) is 27.4. The zero-order valence-electron chi connectivity index (χ0n) is 13.0. The van der Waals surface area contributed by atoms with Gasteiger partial charge in [-0.05, 0) is 36.8 Å². The number of esters is 1. The minimum absolute atomic E-state index is 0.122. The number of Topliss-reactive ketones (excluding diaryl/α,β-unsaturated/α-hetero) is 1. The highest BCUT2D eigenvalue weighted by molar-refractivity contribution is 8.00. The molecule has 0 saturated carbocycles. The van der Waals surface area contributed by atoms with Gasteiger partial charge in [0.15, 0.2) is 5.78 Å². The summed E-state index contributed by atoms with van der Waals surface area (Å²) in [6.45, 7) is 5.24. The van der Waals surface area contributed by atoms with Crippen LogP contribution < -0.4 is 0 Å². The lowest BCUT2D eigenvalue weighted by Gasteiger charge is -2.08. The van der Waals surface area contributed by atoms with E-state index in [-0.39, 0.29) is 5.78 Å². The first kappa shape index (κ1) is 16.2. The molecule has 2 rings (SSSR count). The Labute approximate surface area is 131 Å². The third kappa shape index (κ3) is 2.89. The first-order valence-electron chi connectivity index (χ1n) is 6.57. The number of ketones is 1. The van der Waals surface area contributed by atoms with Crippen LogP contribution in [0.3, 0.4) is 0 Å². The molecule has 118 valence electrons. The SMILES string of the molecule is COC(=O)c1c(C)[nH]c(C(=O)C(C)Sc2nnnn2C)c1C. The molecule has 0 aliphatic carbocycles. The zero-order chi connectivity index (χ0) is 16.4. The van der Waals surface area contributed by atoms with Crippen LogP contribution in [-0.4, -0.2) is 49.3 Å². The van der Waals surface area contributed by atoms with Crippen molar-refractivity contribution in [3.63, 3.8) is 0 Å². The minimum Gasteiger partial charge on any atom is -0.465 e. The number of methoxy groups -OCH3 is 1. The van der Waals surface area contributed by atoms with Gasteiger partial charge in [-0.3, -0.25) is 4.79 Å². The molecule has 9 heteroatoms. The molecule has 2 aromatic heterocycles. The van der Waals surface area contributed by atoms with Crippen molar-refractivity contribution in [3.05, 3.63) is 22.5 Å². The van der Waals surface area contributed by atoms with E-state index < -0.39 is 11.2 Å². The van der Waals surface area contributed by atoms with E-state index in [0.717, 1.165) is 0 Å². The van der Waals surface area contributed by atoms with Crippen LogP contribution in [0.2, 0.25) is 0 Å². The molecule has 2 heterocycles. The molecule has 0 aliphatic heterocycles. The maximum Gasteiger partial charge on any atom is 0.339 e. The molecule has 0 bridgehead atoms. The lowest BCUT2D eigenvalue weighted by Crippen LogP contribution is -2.16. The number of hydrogen-bond acceptors (Lipinski definition) is 7. The van der Waals surface area contributed by atoms with Gasteiger partial charge < -0.3 is 9.72 Å². The van der Waals surface area contributed by atoms with Crippen LogP contribution in [0.15, 0.2) is 5.16 Å². The quantitative estimate of drug-likeness (QED) is 0.502. The molecule has 0 radical (unpaired) electrons. The van der Waals surface area contributed by atoms with Gasteiger partial charge in [-0.15, -0.1) is 5.10 Å². The summed E-state index contributed by atoms with van der Waals surface area (Å²) < 4.78 is 6.25. The number of thioether (sulfide) groups is 1. The summed E-state index contributed by atoms with van der Waals surface area (Å²) in [7, 11) is 3.02. The van der Waals surface area contributed by atoms with Gasteiger partial charge in [0.05, 0.1) is 23.6 Å². The Bertz CT molecular complexity index is 721. The minimum atomic E-state index is -0.455. The average Bonchev–Trinajstić information content (AvgIpc) is 3.01. The Hall–Kier alpha value is -2.16. The van der Waals surface area contributed by atoms with Gasteiger partial charge in [0.25, 0.3) is 0 Å². The summed E-state index contributed by atoms with van der Waals surface area (Å²) in [6, 6.07) is 0. The predicted octanol–water partition coefficient (Wildman–Crippen LogP) is 1.31. The fourth-order valence-corrected chi connectivity index (χ4v) is 2.95. The van der Waals surface area contributed by atoms with Crippen molar-refractivity contribution in [1.82, 2.24) is 25.2 Å². The molecule has 0 fully saturated rings. The van der Waals surface area contributed by atoms with Crippen LogP contribution in [0.5, 0.6) is 0 Å². The highest BCUT2D eigenvalue weighted by Gasteiger charge is 2.26. The van der Waals surface area contributed by atoms with E-state index in [0.29, 0.717) is 27.7 Å². The molecule has 0 saturated heterocycles. The average molecular weight is 323 g/mol. The first-order chi connectivity index (χ1) is 10.4. The van der Waals surface area contributed by atoms with Crippen molar-refractivity contribution in [2.24, 2.45) is 7.05 Å². The van der Waals surface area contributed by atoms with Gasteiger partial charge in [0.1, 0.15) is 0 Å². The number of aromatic amines is 1. The number of ether oxygens (including phenoxy) is 1. The molecule has 0 aromatic carbocycles. The Morgan fingerprint density at radius 2 is 2.05 bits per heavy atom. The van der Waals surface area contributed by atoms with E-state index in [1.807, 2.05) is 0 Å². The molecule has 0 amide bonds. The van der Waals surface area contributed by atoms with Crippen molar-refractivity contribution >= 4 is 23.5 Å². The Morgan fingerprint density at radius 3 is 2.59 bits per heavy atom. The second-order valence-electron chi connectivity index (χ2n) is 4.83. The number of carbonyl (C=O) groups excluding carboxylic acids is 2. The standard InChI is InChI=1S/C13H17N5O3S/c1-6-9(12(20)21-5)7(2)14-10(6)11(19)8(3)22-13-15-16-17-18(13)4/h8,14H,1-5H3. The number of aryl methyl sites for hydroxylation is 2. The Balaban J connectivity index is 2.26. The van der Waals surface area contributed by atoms with Crippen LogP contribution >= 0.6 is 11.8 Å². The van der Waals surface area contributed by atoms with E-state index in [2.05, 4.69) is 20.5 Å². The summed E-state index contributed by atoms with van der Waals surface area (Å²) in [5, 5.41) is 11.3. The second-order valence-corrected chi connectivity index (χ2v) is 6.13. The van der Waals surface area contributed by atoms with Crippen LogP contribution in [0, 0.1) is 13.8 Å². The third-order valence-corrected chi connectivity index (χ3v) is 4.43. The van der Waals surface area contributed by atoms with Gasteiger partial charge in [0.2, 0.25) is 5.16 Å². The molecule has 1 unspecified atom stereocenters. The fourth-order valence-electron chi connectivity index (χ4n) is 2.14. The molecule has 2 aromatic rings. The van der Waals surface area contributed by atoms with Crippen molar-refractivity contribution in [2.75, 3.05) is 7.11 Å². The van der Waals surface area contributed by atoms with Crippen molar-refractivity contribution in [1.29, 1.82) is 0 Å². The third-order valence-electron chi connectivity index (χ3n) is 3.31. The summed E-state index contributed by atoms with van der Waals surface area (Å²) in [5.74, 6) is -0.577. The first-order valence-corrected chi connectivity index (χ1v) is 7.45. The number of rotatable bonds is 5. The number of aromatic nitrogens is 5. The molecule has 1 atom stereocenters. The number of nitrogens with zero attached hydrogens (tertiary/aromatic N) is 4. The largest absolute Gasteiger partial charge is 0.465 e. The van der Waals surface area contributed by atoms with Crippen LogP contribution in [0.4, 0.5) is 0 Å². The number of H-pyrrole nitrogens is 1. The normalized spacial score (nSPS) is 12.2. The molecular formula is C13H17N5O3S. The predicted molar refractivity (Wildman–Crippen MR) is 80.1 cm³/mol. The summed E-state index contributed by atoms with van der Waals surface area (Å²) in [5.41, 5.74) is 2.03. The summed E-state index contributed by atoms with van der Waals surface area (Å²) >= 11 is 1.26. The zero-order valence-corrected chi connectivity index (χ0v) is 13.8. The maximum atomic E-state index is 12.6. The highest BCUT2D eigenvalue weighted by atomic mass is 32.2. The molecular weight excluding hydrogens is 306 g/mol. The van der Waals surface area contributed by atoms with E-state index in [1.165, 1.54) is 23.6 Å². The van der Waals surface area contributed by atoms with Gasteiger partial charge in [-0.1, -0.05) is 11.8 Å². The van der Waals surface area contributed by atoms with Gasteiger partial charge >= 0.3 is 5.97 Å². The van der Waals surface area contributed by atoms with Gasteiger partial charge in [0, 0.05) is 12.7 Å². The van der Waals surface area contributed by atoms with Crippen LogP contribution in [0.1, 0.15) is 39.0 Å². The lowest BCUT2D eigenvalue weighted by atomic mass is 10.1. The molecule has 1 N–H and O–H groups in total. The van der Waals surface area contributed by atoms with E-state index in [1.54, 1.807) is 27.8 Å². The van der Waals surface area contributed by atoms with E-state index in [4.69, 9.17) is 4.74 Å². The number of nitrogens with one attached hydrogen (secondary N) is 1. The summed E-state index contributed by atoms with van der Waals surface area (Å²) in [6.07, 6.45) is 0. The topological polar surface area (TPSA) is 103 Å². The van der Waals surface area contributed by atoms with Crippen LogP contribution in [-0.2, 0) is 11.8 Å². The van der Waals surface area contributed by atoms with Crippen molar-refractivity contribution in [3.8, 4) is 0 Å². The van der Waals surface area contributed by atoms with E-state index >= 15 is 0 Å². The van der Waals surface area contributed by atoms with Gasteiger partial charge in [-0.25, -0.2) is 9.48 Å². The Morgan fingerprint density at radius 1 is 1.36 bits per heavy atom. The smallest absolute Gasteiger partial charge is 0.339 e. The number of carbonyl (C=O) groups is 2. The lowest BCUT2D eigenvalue weighted by molar-refractivity contribution is 0.0599. The Kier molecular flexibility index (Phi) is 4.65. The number of tetrazole rings is 1. The molecule has 8 nitrogen and oxygen atoms in total. The second kappa shape index (κ2) is 6.30.